The molecule has 1 unspecified atom stereocenters. The highest BCUT2D eigenvalue weighted by Crippen LogP contribution is 2.29. The second kappa shape index (κ2) is 6.13. The molecule has 0 spiro atoms. The molecule has 1 heterocycles. The van der Waals surface area contributed by atoms with Crippen LogP contribution in [0.1, 0.15) is 43.5 Å². The molecule has 1 atom stereocenters. The Kier molecular flexibility index (Phi) is 4.44. The molecule has 24 heavy (non-hydrogen) atoms. The lowest BCUT2D eigenvalue weighted by Gasteiger charge is -2.42. The van der Waals surface area contributed by atoms with E-state index in [1.165, 1.54) is 12.1 Å². The van der Waals surface area contributed by atoms with Gasteiger partial charge in [-0.15, -0.1) is 0 Å². The van der Waals surface area contributed by atoms with Gasteiger partial charge in [0, 0.05) is 30.7 Å². The summed E-state index contributed by atoms with van der Waals surface area (Å²) in [4.78, 5) is 14.7. The van der Waals surface area contributed by atoms with Crippen molar-refractivity contribution in [2.75, 3.05) is 13.1 Å². The molecule has 3 rings (SSSR count). The van der Waals surface area contributed by atoms with Gasteiger partial charge in [0.2, 0.25) is 10.0 Å². The average molecular weight is 351 g/mol. The third-order valence-electron chi connectivity index (χ3n) is 4.89. The van der Waals surface area contributed by atoms with Gasteiger partial charge in [-0.1, -0.05) is 19.9 Å². The number of nitrogens with two attached hydrogens (primary N) is 1. The van der Waals surface area contributed by atoms with Crippen LogP contribution < -0.4 is 10.5 Å². The zero-order valence-electron chi connectivity index (χ0n) is 14.2. The van der Waals surface area contributed by atoms with Gasteiger partial charge in [0.15, 0.2) is 0 Å². The number of piperidine rings is 1. The average Bonchev–Trinajstić information content (AvgIpc) is 3.32. The Hall–Kier alpha value is -1.44. The zero-order valence-corrected chi connectivity index (χ0v) is 15.0. The molecule has 1 amide bonds. The number of rotatable bonds is 4. The highest BCUT2D eigenvalue weighted by atomic mass is 32.2. The fourth-order valence-electron chi connectivity index (χ4n) is 3.01. The molecule has 132 valence electrons. The molecular formula is C17H25N3O3S. The van der Waals surface area contributed by atoms with Gasteiger partial charge in [0.25, 0.3) is 5.91 Å². The van der Waals surface area contributed by atoms with Crippen LogP contribution in [0.2, 0.25) is 0 Å². The van der Waals surface area contributed by atoms with E-state index < -0.39 is 10.0 Å². The summed E-state index contributed by atoms with van der Waals surface area (Å²) in [6, 6.07) is 6.39. The van der Waals surface area contributed by atoms with Crippen LogP contribution in [0.3, 0.4) is 0 Å². The predicted octanol–water partition coefficient (Wildman–Crippen LogP) is 1.33. The monoisotopic (exact) mass is 351 g/mol. The molecule has 1 saturated heterocycles. The van der Waals surface area contributed by atoms with Gasteiger partial charge in [0.05, 0.1) is 4.90 Å². The number of carbonyl (C=O) groups is 1. The van der Waals surface area contributed by atoms with Gasteiger partial charge in [-0.05, 0) is 42.9 Å². The van der Waals surface area contributed by atoms with E-state index in [0.29, 0.717) is 18.7 Å². The minimum Gasteiger partial charge on any atom is -0.338 e. The van der Waals surface area contributed by atoms with E-state index in [9.17, 15) is 13.2 Å². The molecule has 1 aromatic rings. The van der Waals surface area contributed by atoms with E-state index in [0.717, 1.165) is 19.3 Å². The van der Waals surface area contributed by atoms with Crippen LogP contribution in [0.25, 0.3) is 0 Å². The first-order chi connectivity index (χ1) is 11.2. The number of amides is 1. The van der Waals surface area contributed by atoms with Crippen molar-refractivity contribution in [3.63, 3.8) is 0 Å². The summed E-state index contributed by atoms with van der Waals surface area (Å²) in [6.45, 7) is 5.28. The molecule has 2 fully saturated rings. The number of hydrogen-bond donors (Lipinski definition) is 2. The number of hydrogen-bond acceptors (Lipinski definition) is 4. The summed E-state index contributed by atoms with van der Waals surface area (Å²) >= 11 is 0. The minimum absolute atomic E-state index is 0.0405. The van der Waals surface area contributed by atoms with Crippen molar-refractivity contribution < 1.29 is 13.2 Å². The molecule has 0 bridgehead atoms. The Labute approximate surface area is 143 Å². The highest BCUT2D eigenvalue weighted by Gasteiger charge is 2.36. The lowest BCUT2D eigenvalue weighted by molar-refractivity contribution is 0.0533. The van der Waals surface area contributed by atoms with E-state index in [2.05, 4.69) is 18.6 Å². The van der Waals surface area contributed by atoms with Crippen molar-refractivity contribution in [3.8, 4) is 0 Å². The first-order valence-corrected chi connectivity index (χ1v) is 9.85. The normalized spacial score (nSPS) is 24.0. The van der Waals surface area contributed by atoms with Crippen molar-refractivity contribution >= 4 is 15.9 Å². The zero-order chi connectivity index (χ0) is 17.5. The Bertz CT molecular complexity index is 741. The van der Waals surface area contributed by atoms with Crippen molar-refractivity contribution in [2.24, 2.45) is 11.1 Å². The number of likely N-dealkylation sites (tertiary alicyclic amines) is 1. The largest absolute Gasteiger partial charge is 0.338 e. The molecule has 2 aliphatic rings. The number of sulfonamides is 1. The minimum atomic E-state index is -3.56. The van der Waals surface area contributed by atoms with E-state index >= 15 is 0 Å². The maximum Gasteiger partial charge on any atom is 0.253 e. The van der Waals surface area contributed by atoms with Gasteiger partial charge in [-0.2, -0.15) is 0 Å². The van der Waals surface area contributed by atoms with Gasteiger partial charge >= 0.3 is 0 Å². The Morgan fingerprint density at radius 1 is 1.29 bits per heavy atom. The summed E-state index contributed by atoms with van der Waals surface area (Å²) < 4.78 is 27.3. The van der Waals surface area contributed by atoms with Crippen LogP contribution in [0, 0.1) is 5.41 Å². The molecule has 7 heteroatoms. The fraction of sp³-hybridized carbons (Fsp3) is 0.588. The van der Waals surface area contributed by atoms with Crippen LogP contribution in [-0.2, 0) is 10.0 Å². The quantitative estimate of drug-likeness (QED) is 0.856. The first-order valence-electron chi connectivity index (χ1n) is 8.36. The van der Waals surface area contributed by atoms with Crippen LogP contribution in [0.4, 0.5) is 0 Å². The van der Waals surface area contributed by atoms with E-state index in [4.69, 9.17) is 5.73 Å². The van der Waals surface area contributed by atoms with Crippen molar-refractivity contribution in [3.05, 3.63) is 29.8 Å². The number of carbonyl (C=O) groups excluding carboxylic acids is 1. The molecule has 0 radical (unpaired) electrons. The molecule has 0 aromatic heterocycles. The lowest BCUT2D eigenvalue weighted by atomic mass is 9.79. The first kappa shape index (κ1) is 17.4. The molecule has 3 N–H and O–H groups in total. The molecule has 1 aliphatic carbocycles. The smallest absolute Gasteiger partial charge is 0.253 e. The topological polar surface area (TPSA) is 92.5 Å². The third-order valence-corrected chi connectivity index (χ3v) is 6.41. The summed E-state index contributed by atoms with van der Waals surface area (Å²) in [7, 11) is -3.56. The summed E-state index contributed by atoms with van der Waals surface area (Å²) in [5, 5.41) is 0. The molecule has 1 aliphatic heterocycles. The Morgan fingerprint density at radius 3 is 2.62 bits per heavy atom. The molecule has 1 saturated carbocycles. The van der Waals surface area contributed by atoms with Crippen molar-refractivity contribution in [1.82, 2.24) is 9.62 Å². The van der Waals surface area contributed by atoms with Crippen LogP contribution >= 0.6 is 0 Å². The second-order valence-electron chi connectivity index (χ2n) is 7.53. The maximum absolute atomic E-state index is 12.8. The molecule has 1 aromatic carbocycles. The van der Waals surface area contributed by atoms with Crippen LogP contribution in [0.15, 0.2) is 29.2 Å². The van der Waals surface area contributed by atoms with Gasteiger partial charge in [-0.3, -0.25) is 4.79 Å². The standard InChI is InChI=1S/C17H25N3O3S/c1-17(2)11-20(9-8-15(17)18)16(21)12-4-3-5-14(10-12)24(22,23)19-13-6-7-13/h3-5,10,13,15,19H,6-9,11,18H2,1-2H3. The Balaban J connectivity index is 1.79. The fourth-order valence-corrected chi connectivity index (χ4v) is 4.37. The maximum atomic E-state index is 12.8. The van der Waals surface area contributed by atoms with E-state index in [1.54, 1.807) is 17.0 Å². The highest BCUT2D eigenvalue weighted by molar-refractivity contribution is 7.89. The SMILES string of the molecule is CC1(C)CN(C(=O)c2cccc(S(=O)(=O)NC3CC3)c2)CCC1N. The van der Waals surface area contributed by atoms with E-state index in [-0.39, 0.29) is 28.3 Å². The van der Waals surface area contributed by atoms with E-state index in [1.807, 2.05) is 0 Å². The summed E-state index contributed by atoms with van der Waals surface area (Å²) in [5.74, 6) is -0.140. The van der Waals surface area contributed by atoms with Crippen molar-refractivity contribution in [2.45, 2.75) is 50.1 Å². The predicted molar refractivity (Wildman–Crippen MR) is 92.1 cm³/mol. The van der Waals surface area contributed by atoms with Crippen LogP contribution in [-0.4, -0.2) is 44.4 Å². The van der Waals surface area contributed by atoms with Crippen LogP contribution in [0.5, 0.6) is 0 Å². The number of benzene rings is 1. The van der Waals surface area contributed by atoms with Crippen molar-refractivity contribution in [1.29, 1.82) is 0 Å². The summed E-state index contributed by atoms with van der Waals surface area (Å²) in [6.07, 6.45) is 2.50. The molecular weight excluding hydrogens is 326 g/mol. The van der Waals surface area contributed by atoms with Gasteiger partial charge in [-0.25, -0.2) is 13.1 Å². The third kappa shape index (κ3) is 3.63. The molecule has 6 nitrogen and oxygen atoms in total. The van der Waals surface area contributed by atoms with Gasteiger partial charge in [0.1, 0.15) is 0 Å². The second-order valence-corrected chi connectivity index (χ2v) is 9.25. The van der Waals surface area contributed by atoms with Gasteiger partial charge < -0.3 is 10.6 Å². The Morgan fingerprint density at radius 2 is 2.00 bits per heavy atom. The lowest BCUT2D eigenvalue weighted by Crippen LogP contribution is -2.54. The number of nitrogens with one attached hydrogen (secondary N) is 1. The number of nitrogens with zero attached hydrogens (tertiary/aromatic N) is 1. The summed E-state index contributed by atoms with van der Waals surface area (Å²) in [5.41, 5.74) is 6.38.